The third-order valence-corrected chi connectivity index (χ3v) is 5.48. The molecule has 0 aliphatic heterocycles. The number of carbonyl (C=O) groups is 1. The Labute approximate surface area is 174 Å². The summed E-state index contributed by atoms with van der Waals surface area (Å²) < 4.78 is 12.8. The second-order valence-corrected chi connectivity index (χ2v) is 7.52. The highest BCUT2D eigenvalue weighted by Gasteiger charge is 2.19. The van der Waals surface area contributed by atoms with Gasteiger partial charge in [0.15, 0.2) is 5.13 Å². The van der Waals surface area contributed by atoms with Crippen molar-refractivity contribution < 1.29 is 14.3 Å². The minimum atomic E-state index is -0.453. The summed E-state index contributed by atoms with van der Waals surface area (Å²) in [6.45, 7) is 5.39. The third-order valence-electron chi connectivity index (χ3n) is 4.68. The van der Waals surface area contributed by atoms with Gasteiger partial charge >= 0.3 is 0 Å². The van der Waals surface area contributed by atoms with Crippen molar-refractivity contribution in [2.75, 3.05) is 26.1 Å². The molecule has 0 bridgehead atoms. The Balaban J connectivity index is 2.04. The number of anilines is 1. The molecule has 0 unspecified atom stereocenters. The van der Waals surface area contributed by atoms with Gasteiger partial charge in [-0.15, -0.1) is 11.3 Å². The van der Waals surface area contributed by atoms with Crippen molar-refractivity contribution in [3.05, 3.63) is 46.5 Å². The molecule has 3 N–H and O–H groups in total. The summed E-state index contributed by atoms with van der Waals surface area (Å²) in [6.07, 6.45) is 1.02. The van der Waals surface area contributed by atoms with Gasteiger partial charge in [-0.3, -0.25) is 4.79 Å². The number of methoxy groups -OCH3 is 2. The van der Waals surface area contributed by atoms with Gasteiger partial charge in [0.05, 0.1) is 31.2 Å². The quantitative estimate of drug-likeness (QED) is 0.554. The topological polar surface area (TPSA) is 91.4 Å². The number of primary amides is 1. The molecule has 0 aliphatic carbocycles. The average molecular weight is 415 g/mol. The molecule has 3 aromatic rings. The Hall–Kier alpha value is -3.00. The van der Waals surface area contributed by atoms with E-state index in [4.69, 9.17) is 15.2 Å². The Bertz CT molecular complexity index is 987. The molecular formula is C21H26N4O3S. The van der Waals surface area contributed by atoms with Crippen molar-refractivity contribution >= 4 is 22.4 Å². The lowest BCUT2D eigenvalue weighted by molar-refractivity contribution is 0.0999. The molecule has 29 heavy (non-hydrogen) atoms. The molecule has 0 saturated carbocycles. The number of rotatable bonds is 9. The summed E-state index contributed by atoms with van der Waals surface area (Å²) in [4.78, 5) is 16.6. The minimum Gasteiger partial charge on any atom is -0.497 e. The first-order valence-electron chi connectivity index (χ1n) is 9.38. The highest BCUT2D eigenvalue weighted by Crippen LogP contribution is 2.31. The number of amides is 1. The monoisotopic (exact) mass is 414 g/mol. The van der Waals surface area contributed by atoms with E-state index in [0.717, 1.165) is 40.7 Å². The molecule has 1 amide bonds. The van der Waals surface area contributed by atoms with Crippen LogP contribution in [0.3, 0.4) is 0 Å². The molecule has 0 spiro atoms. The van der Waals surface area contributed by atoms with Gasteiger partial charge in [-0.05, 0) is 37.1 Å². The zero-order valence-electron chi connectivity index (χ0n) is 17.1. The predicted octanol–water partition coefficient (Wildman–Crippen LogP) is 3.91. The number of nitrogens with two attached hydrogens (primary N) is 1. The Morgan fingerprint density at radius 3 is 2.48 bits per heavy atom. The highest BCUT2D eigenvalue weighted by molar-refractivity contribution is 7.14. The summed E-state index contributed by atoms with van der Waals surface area (Å²) in [5.74, 6) is 0.964. The SMILES string of the molecule is CCCNc1nc(-c2cc(C(N)=O)c(C)n2Cc2cc(OC)cc(OC)c2)cs1. The van der Waals surface area contributed by atoms with E-state index in [1.54, 1.807) is 25.6 Å². The molecule has 0 fully saturated rings. The number of hydrogen-bond acceptors (Lipinski definition) is 6. The number of carbonyl (C=O) groups excluding carboxylic acids is 1. The molecule has 8 heteroatoms. The second-order valence-electron chi connectivity index (χ2n) is 6.66. The van der Waals surface area contributed by atoms with E-state index in [-0.39, 0.29) is 0 Å². The van der Waals surface area contributed by atoms with Crippen LogP contribution in [0.25, 0.3) is 11.4 Å². The van der Waals surface area contributed by atoms with E-state index in [0.29, 0.717) is 23.6 Å². The number of ether oxygens (including phenoxy) is 2. The zero-order chi connectivity index (χ0) is 21.0. The van der Waals surface area contributed by atoms with Crippen LogP contribution in [0, 0.1) is 6.92 Å². The van der Waals surface area contributed by atoms with Crippen LogP contribution in [0.5, 0.6) is 11.5 Å². The molecular weight excluding hydrogens is 388 g/mol. The first-order valence-corrected chi connectivity index (χ1v) is 10.3. The maximum atomic E-state index is 12.0. The maximum Gasteiger partial charge on any atom is 0.250 e. The summed E-state index contributed by atoms with van der Waals surface area (Å²) in [5.41, 5.74) is 9.53. The molecule has 2 heterocycles. The molecule has 0 radical (unpaired) electrons. The van der Waals surface area contributed by atoms with E-state index in [1.165, 1.54) is 0 Å². The van der Waals surface area contributed by atoms with Crippen molar-refractivity contribution in [2.24, 2.45) is 5.73 Å². The third kappa shape index (κ3) is 4.54. The summed E-state index contributed by atoms with van der Waals surface area (Å²) in [7, 11) is 3.24. The van der Waals surface area contributed by atoms with Crippen molar-refractivity contribution in [1.29, 1.82) is 0 Å². The fourth-order valence-electron chi connectivity index (χ4n) is 3.16. The van der Waals surface area contributed by atoms with Gasteiger partial charge in [-0.25, -0.2) is 4.98 Å². The smallest absolute Gasteiger partial charge is 0.250 e. The summed E-state index contributed by atoms with van der Waals surface area (Å²) >= 11 is 1.54. The number of nitrogens with one attached hydrogen (secondary N) is 1. The van der Waals surface area contributed by atoms with Crippen molar-refractivity contribution in [1.82, 2.24) is 9.55 Å². The predicted molar refractivity (Wildman–Crippen MR) is 116 cm³/mol. The molecule has 0 saturated heterocycles. The maximum absolute atomic E-state index is 12.0. The molecule has 154 valence electrons. The van der Waals surface area contributed by atoms with Gasteiger partial charge in [0.1, 0.15) is 11.5 Å². The Morgan fingerprint density at radius 2 is 1.90 bits per heavy atom. The first-order chi connectivity index (χ1) is 14.0. The van der Waals surface area contributed by atoms with Crippen LogP contribution >= 0.6 is 11.3 Å². The fourth-order valence-corrected chi connectivity index (χ4v) is 3.89. The fraction of sp³-hybridized carbons (Fsp3) is 0.333. The minimum absolute atomic E-state index is 0.453. The van der Waals surface area contributed by atoms with E-state index in [9.17, 15) is 4.79 Å². The molecule has 1 aromatic carbocycles. The van der Waals surface area contributed by atoms with Gasteiger partial charge in [-0.2, -0.15) is 0 Å². The van der Waals surface area contributed by atoms with Gasteiger partial charge < -0.3 is 25.1 Å². The lowest BCUT2D eigenvalue weighted by Crippen LogP contribution is -2.12. The number of aromatic nitrogens is 2. The van der Waals surface area contributed by atoms with Crippen LogP contribution in [-0.4, -0.2) is 36.2 Å². The number of benzene rings is 1. The van der Waals surface area contributed by atoms with Crippen LogP contribution in [0.4, 0.5) is 5.13 Å². The lowest BCUT2D eigenvalue weighted by atomic mass is 10.2. The van der Waals surface area contributed by atoms with Crippen molar-refractivity contribution in [3.8, 4) is 22.9 Å². The van der Waals surface area contributed by atoms with E-state index >= 15 is 0 Å². The standard InChI is InChI=1S/C21H26N4O3S/c1-5-6-23-21-24-18(12-29-21)19-10-17(20(22)26)13(2)25(19)11-14-7-15(27-3)9-16(8-14)28-4/h7-10,12H,5-6,11H2,1-4H3,(H2,22,26)(H,23,24). The Morgan fingerprint density at radius 1 is 1.21 bits per heavy atom. The van der Waals surface area contributed by atoms with E-state index < -0.39 is 5.91 Å². The van der Waals surface area contributed by atoms with Crippen molar-refractivity contribution in [3.63, 3.8) is 0 Å². The van der Waals surface area contributed by atoms with Gasteiger partial charge in [-0.1, -0.05) is 6.92 Å². The number of thiazole rings is 1. The first kappa shape index (κ1) is 20.7. The molecule has 0 atom stereocenters. The van der Waals surface area contributed by atoms with Crippen LogP contribution < -0.4 is 20.5 Å². The average Bonchev–Trinajstić information content (AvgIpc) is 3.31. The van der Waals surface area contributed by atoms with Crippen LogP contribution in [-0.2, 0) is 6.54 Å². The zero-order valence-corrected chi connectivity index (χ0v) is 17.9. The summed E-state index contributed by atoms with van der Waals surface area (Å²) in [5, 5.41) is 6.15. The van der Waals surface area contributed by atoms with Crippen molar-refractivity contribution in [2.45, 2.75) is 26.8 Å². The Kier molecular flexibility index (Phi) is 6.43. The number of hydrogen-bond donors (Lipinski definition) is 2. The second kappa shape index (κ2) is 9.00. The van der Waals surface area contributed by atoms with Gasteiger partial charge in [0, 0.05) is 30.2 Å². The van der Waals surface area contributed by atoms with Crippen LogP contribution in [0.15, 0.2) is 29.6 Å². The van der Waals surface area contributed by atoms with Crippen LogP contribution in [0.2, 0.25) is 0 Å². The summed E-state index contributed by atoms with van der Waals surface area (Å²) in [6, 6.07) is 7.54. The largest absolute Gasteiger partial charge is 0.497 e. The number of nitrogens with zero attached hydrogens (tertiary/aromatic N) is 2. The van der Waals surface area contributed by atoms with Crippen LogP contribution in [0.1, 0.15) is 35.0 Å². The highest BCUT2D eigenvalue weighted by atomic mass is 32.1. The molecule has 2 aromatic heterocycles. The van der Waals surface area contributed by atoms with Gasteiger partial charge in [0.2, 0.25) is 0 Å². The molecule has 7 nitrogen and oxygen atoms in total. The van der Waals surface area contributed by atoms with E-state index in [2.05, 4.69) is 17.2 Å². The lowest BCUT2D eigenvalue weighted by Gasteiger charge is -2.13. The molecule has 0 aliphatic rings. The normalized spacial score (nSPS) is 10.8. The van der Waals surface area contributed by atoms with Gasteiger partial charge in [0.25, 0.3) is 5.91 Å². The molecule has 3 rings (SSSR count). The van der Waals surface area contributed by atoms with E-state index in [1.807, 2.05) is 41.1 Å².